The summed E-state index contributed by atoms with van der Waals surface area (Å²) in [6.07, 6.45) is 1.02. The predicted octanol–water partition coefficient (Wildman–Crippen LogP) is 1.25. The first kappa shape index (κ1) is 16.5. The highest BCUT2D eigenvalue weighted by Gasteiger charge is 2.33. The van der Waals surface area contributed by atoms with Gasteiger partial charge in [0.05, 0.1) is 6.54 Å². The number of amides is 2. The second kappa shape index (κ2) is 6.89. The molecule has 1 unspecified atom stereocenters. The number of nitrogens with two attached hydrogens (primary N) is 1. The standard InChI is InChI=1S/C16H24N4O2/c1-12(21)18-13-4-3-5-14(8-13)19-15(22)9-20-7-6-16(2,10-17)11-20/h3-5,8H,6-7,9-11,17H2,1-2H3,(H,18,21)(H,19,22). The Morgan fingerprint density at radius 1 is 1.32 bits per heavy atom. The molecule has 1 atom stereocenters. The Hall–Kier alpha value is -1.92. The number of anilines is 2. The van der Waals surface area contributed by atoms with Crippen molar-refractivity contribution in [2.24, 2.45) is 11.1 Å². The molecular weight excluding hydrogens is 280 g/mol. The van der Waals surface area contributed by atoms with Crippen LogP contribution in [-0.4, -0.2) is 42.9 Å². The van der Waals surface area contributed by atoms with Gasteiger partial charge in [0.25, 0.3) is 0 Å². The van der Waals surface area contributed by atoms with Gasteiger partial charge in [-0.3, -0.25) is 14.5 Å². The SMILES string of the molecule is CC(=O)Nc1cccc(NC(=O)CN2CCC(C)(CN)C2)c1. The number of likely N-dealkylation sites (tertiary alicyclic amines) is 1. The van der Waals surface area contributed by atoms with Crippen molar-refractivity contribution < 1.29 is 9.59 Å². The van der Waals surface area contributed by atoms with E-state index in [1.165, 1.54) is 6.92 Å². The van der Waals surface area contributed by atoms with Crippen molar-refractivity contribution in [2.75, 3.05) is 36.8 Å². The van der Waals surface area contributed by atoms with Crippen LogP contribution in [0.25, 0.3) is 0 Å². The van der Waals surface area contributed by atoms with E-state index in [2.05, 4.69) is 22.5 Å². The van der Waals surface area contributed by atoms with E-state index in [0.717, 1.165) is 19.5 Å². The lowest BCUT2D eigenvalue weighted by Crippen LogP contribution is -2.35. The zero-order chi connectivity index (χ0) is 16.2. The molecule has 4 N–H and O–H groups in total. The quantitative estimate of drug-likeness (QED) is 0.764. The molecule has 120 valence electrons. The third-order valence-corrected chi connectivity index (χ3v) is 3.96. The number of nitrogens with one attached hydrogen (secondary N) is 2. The van der Waals surface area contributed by atoms with E-state index in [1.807, 2.05) is 0 Å². The average Bonchev–Trinajstić information content (AvgIpc) is 2.80. The number of nitrogens with zero attached hydrogens (tertiary/aromatic N) is 1. The van der Waals surface area contributed by atoms with Gasteiger partial charge < -0.3 is 16.4 Å². The van der Waals surface area contributed by atoms with Crippen LogP contribution in [0, 0.1) is 5.41 Å². The van der Waals surface area contributed by atoms with Crippen LogP contribution >= 0.6 is 0 Å². The lowest BCUT2D eigenvalue weighted by molar-refractivity contribution is -0.117. The zero-order valence-electron chi connectivity index (χ0n) is 13.2. The van der Waals surface area contributed by atoms with Crippen LogP contribution < -0.4 is 16.4 Å². The number of carbonyl (C=O) groups excluding carboxylic acids is 2. The van der Waals surface area contributed by atoms with Crippen molar-refractivity contribution in [3.8, 4) is 0 Å². The Balaban J connectivity index is 1.88. The first-order valence-corrected chi connectivity index (χ1v) is 7.50. The molecule has 1 aromatic carbocycles. The maximum atomic E-state index is 12.1. The molecule has 22 heavy (non-hydrogen) atoms. The van der Waals surface area contributed by atoms with E-state index in [4.69, 9.17) is 5.73 Å². The first-order chi connectivity index (χ1) is 10.4. The molecule has 1 aliphatic heterocycles. The van der Waals surface area contributed by atoms with Crippen LogP contribution in [0.5, 0.6) is 0 Å². The molecule has 1 heterocycles. The third kappa shape index (κ3) is 4.54. The van der Waals surface area contributed by atoms with E-state index >= 15 is 0 Å². The normalized spacial score (nSPS) is 21.6. The highest BCUT2D eigenvalue weighted by molar-refractivity contribution is 5.94. The topological polar surface area (TPSA) is 87.5 Å². The second-order valence-electron chi connectivity index (χ2n) is 6.29. The van der Waals surface area contributed by atoms with Gasteiger partial charge in [0.15, 0.2) is 0 Å². The fourth-order valence-corrected chi connectivity index (χ4v) is 2.71. The summed E-state index contributed by atoms with van der Waals surface area (Å²) >= 11 is 0. The molecule has 2 amide bonds. The van der Waals surface area contributed by atoms with Gasteiger partial charge in [-0.15, -0.1) is 0 Å². The number of hydrogen-bond acceptors (Lipinski definition) is 4. The largest absolute Gasteiger partial charge is 0.330 e. The van der Waals surface area contributed by atoms with Gasteiger partial charge in [-0.1, -0.05) is 13.0 Å². The number of hydrogen-bond donors (Lipinski definition) is 3. The average molecular weight is 304 g/mol. The van der Waals surface area contributed by atoms with Crippen molar-refractivity contribution in [3.63, 3.8) is 0 Å². The summed E-state index contributed by atoms with van der Waals surface area (Å²) in [5, 5.41) is 5.56. The molecular formula is C16H24N4O2. The van der Waals surface area contributed by atoms with Gasteiger partial charge in [0.1, 0.15) is 0 Å². The summed E-state index contributed by atoms with van der Waals surface area (Å²) < 4.78 is 0. The van der Waals surface area contributed by atoms with Crippen molar-refractivity contribution in [1.29, 1.82) is 0 Å². The van der Waals surface area contributed by atoms with Gasteiger partial charge in [-0.05, 0) is 43.1 Å². The fraction of sp³-hybridized carbons (Fsp3) is 0.500. The van der Waals surface area contributed by atoms with Crippen molar-refractivity contribution in [1.82, 2.24) is 4.90 Å². The Morgan fingerprint density at radius 3 is 2.59 bits per heavy atom. The molecule has 0 radical (unpaired) electrons. The monoisotopic (exact) mass is 304 g/mol. The van der Waals surface area contributed by atoms with Gasteiger partial charge in [-0.2, -0.15) is 0 Å². The van der Waals surface area contributed by atoms with Crippen LogP contribution in [-0.2, 0) is 9.59 Å². The summed E-state index contributed by atoms with van der Waals surface area (Å²) in [6.45, 7) is 6.36. The van der Waals surface area contributed by atoms with Crippen molar-refractivity contribution in [2.45, 2.75) is 20.3 Å². The van der Waals surface area contributed by atoms with Crippen LogP contribution in [0.3, 0.4) is 0 Å². The molecule has 0 saturated carbocycles. The summed E-state index contributed by atoms with van der Waals surface area (Å²) in [6, 6.07) is 7.12. The lowest BCUT2D eigenvalue weighted by atomic mass is 9.90. The summed E-state index contributed by atoms with van der Waals surface area (Å²) in [4.78, 5) is 25.3. The molecule has 0 aromatic heterocycles. The molecule has 2 rings (SSSR count). The molecule has 6 nitrogen and oxygen atoms in total. The Kier molecular flexibility index (Phi) is 5.15. The fourth-order valence-electron chi connectivity index (χ4n) is 2.71. The van der Waals surface area contributed by atoms with Crippen LogP contribution in [0.1, 0.15) is 20.3 Å². The van der Waals surface area contributed by atoms with Gasteiger partial charge in [-0.25, -0.2) is 0 Å². The predicted molar refractivity (Wildman–Crippen MR) is 87.6 cm³/mol. The van der Waals surface area contributed by atoms with E-state index < -0.39 is 0 Å². The summed E-state index contributed by atoms with van der Waals surface area (Å²) in [5.74, 6) is -0.192. The van der Waals surface area contributed by atoms with Crippen molar-refractivity contribution in [3.05, 3.63) is 24.3 Å². The maximum absolute atomic E-state index is 12.1. The van der Waals surface area contributed by atoms with E-state index in [-0.39, 0.29) is 17.2 Å². The van der Waals surface area contributed by atoms with E-state index in [1.54, 1.807) is 24.3 Å². The molecule has 1 saturated heterocycles. The molecule has 1 fully saturated rings. The minimum atomic E-state index is -0.137. The summed E-state index contributed by atoms with van der Waals surface area (Å²) in [7, 11) is 0. The lowest BCUT2D eigenvalue weighted by Gasteiger charge is -2.22. The maximum Gasteiger partial charge on any atom is 0.238 e. The molecule has 0 spiro atoms. The number of rotatable bonds is 5. The highest BCUT2D eigenvalue weighted by atomic mass is 16.2. The van der Waals surface area contributed by atoms with Gasteiger partial charge in [0.2, 0.25) is 11.8 Å². The third-order valence-electron chi connectivity index (χ3n) is 3.96. The molecule has 0 bridgehead atoms. The van der Waals surface area contributed by atoms with Crippen molar-refractivity contribution >= 4 is 23.2 Å². The highest BCUT2D eigenvalue weighted by Crippen LogP contribution is 2.28. The van der Waals surface area contributed by atoms with Crippen LogP contribution in [0.15, 0.2) is 24.3 Å². The second-order valence-corrected chi connectivity index (χ2v) is 6.29. The van der Waals surface area contributed by atoms with Crippen LogP contribution in [0.4, 0.5) is 11.4 Å². The molecule has 1 aromatic rings. The van der Waals surface area contributed by atoms with E-state index in [0.29, 0.717) is 24.5 Å². The molecule has 0 aliphatic carbocycles. The smallest absolute Gasteiger partial charge is 0.238 e. The number of carbonyl (C=O) groups is 2. The minimum Gasteiger partial charge on any atom is -0.330 e. The molecule has 6 heteroatoms. The minimum absolute atomic E-state index is 0.0544. The van der Waals surface area contributed by atoms with Crippen LogP contribution in [0.2, 0.25) is 0 Å². The Morgan fingerprint density at radius 2 is 2.00 bits per heavy atom. The van der Waals surface area contributed by atoms with Gasteiger partial charge in [0, 0.05) is 24.8 Å². The van der Waals surface area contributed by atoms with E-state index in [9.17, 15) is 9.59 Å². The van der Waals surface area contributed by atoms with Gasteiger partial charge >= 0.3 is 0 Å². The Bertz CT molecular complexity index is 561. The molecule has 1 aliphatic rings. The Labute approximate surface area is 131 Å². The number of benzene rings is 1. The first-order valence-electron chi connectivity index (χ1n) is 7.50. The zero-order valence-corrected chi connectivity index (χ0v) is 13.2. The summed E-state index contributed by atoms with van der Waals surface area (Å²) in [5.41, 5.74) is 7.24.